The molecule has 1 nitrogen and oxygen atoms in total. The molecule has 1 aliphatic heterocycles. The maximum Gasteiger partial charge on any atom is 0.0402 e. The van der Waals surface area contributed by atoms with Crippen LogP contribution >= 0.6 is 0 Å². The average molecular weight is 251 g/mol. The molecule has 0 aromatic heterocycles. The molecule has 98 valence electrons. The van der Waals surface area contributed by atoms with Gasteiger partial charge in [-0.1, -0.05) is 48.0 Å². The van der Waals surface area contributed by atoms with Gasteiger partial charge in [0.25, 0.3) is 0 Å². The van der Waals surface area contributed by atoms with Crippen molar-refractivity contribution in [1.82, 2.24) is 0 Å². The molecule has 2 aromatic carbocycles. The second-order valence-corrected chi connectivity index (χ2v) is 5.76. The molecule has 2 aromatic rings. The Hall–Kier alpha value is -1.76. The molecule has 19 heavy (non-hydrogen) atoms. The molecular formula is C18H21N. The van der Waals surface area contributed by atoms with Gasteiger partial charge in [0.2, 0.25) is 0 Å². The maximum absolute atomic E-state index is 3.63. The third-order valence-corrected chi connectivity index (χ3v) is 4.00. The van der Waals surface area contributed by atoms with Crippen LogP contribution in [0.1, 0.15) is 22.3 Å². The van der Waals surface area contributed by atoms with Crippen molar-refractivity contribution in [2.75, 3.05) is 11.9 Å². The van der Waals surface area contributed by atoms with Gasteiger partial charge in [0.1, 0.15) is 0 Å². The summed E-state index contributed by atoms with van der Waals surface area (Å²) in [6, 6.07) is 15.4. The number of hydrogen-bond acceptors (Lipinski definition) is 1. The molecule has 0 bridgehead atoms. The van der Waals surface area contributed by atoms with Crippen molar-refractivity contribution in [3.8, 4) is 0 Å². The van der Waals surface area contributed by atoms with E-state index in [-0.39, 0.29) is 0 Å². The predicted octanol–water partition coefficient (Wildman–Crippen LogP) is 4.13. The Morgan fingerprint density at radius 2 is 1.89 bits per heavy atom. The standard InChI is InChI=1S/C18H21N/c1-13-8-14(2)18-17(9-13)11-16(12-19-18)10-15-6-4-3-5-7-15/h3-9,16,19H,10-12H2,1-2H3. The van der Waals surface area contributed by atoms with E-state index in [0.29, 0.717) is 5.92 Å². The van der Waals surface area contributed by atoms with Crippen LogP contribution in [0.25, 0.3) is 0 Å². The van der Waals surface area contributed by atoms with E-state index >= 15 is 0 Å². The van der Waals surface area contributed by atoms with Crippen LogP contribution in [-0.4, -0.2) is 6.54 Å². The van der Waals surface area contributed by atoms with Crippen LogP contribution in [0.15, 0.2) is 42.5 Å². The van der Waals surface area contributed by atoms with E-state index in [0.717, 1.165) is 6.54 Å². The summed E-state index contributed by atoms with van der Waals surface area (Å²) in [5, 5.41) is 3.63. The zero-order chi connectivity index (χ0) is 13.2. The molecule has 0 fully saturated rings. The van der Waals surface area contributed by atoms with Gasteiger partial charge < -0.3 is 5.32 Å². The van der Waals surface area contributed by atoms with Crippen LogP contribution in [0, 0.1) is 19.8 Å². The van der Waals surface area contributed by atoms with Crippen molar-refractivity contribution in [2.24, 2.45) is 5.92 Å². The van der Waals surface area contributed by atoms with Crippen molar-refractivity contribution < 1.29 is 0 Å². The van der Waals surface area contributed by atoms with Gasteiger partial charge in [0, 0.05) is 12.2 Å². The zero-order valence-corrected chi connectivity index (χ0v) is 11.7. The summed E-state index contributed by atoms with van der Waals surface area (Å²) in [6.45, 7) is 5.48. The van der Waals surface area contributed by atoms with Gasteiger partial charge in [-0.15, -0.1) is 0 Å². The first-order chi connectivity index (χ1) is 9.22. The Labute approximate surface area is 115 Å². The van der Waals surface area contributed by atoms with Crippen LogP contribution in [0.4, 0.5) is 5.69 Å². The molecule has 0 radical (unpaired) electrons. The molecule has 1 heteroatoms. The lowest BCUT2D eigenvalue weighted by Gasteiger charge is -2.28. The average Bonchev–Trinajstić information content (AvgIpc) is 2.39. The van der Waals surface area contributed by atoms with Crippen molar-refractivity contribution >= 4 is 5.69 Å². The van der Waals surface area contributed by atoms with Gasteiger partial charge in [-0.2, -0.15) is 0 Å². The number of nitrogens with one attached hydrogen (secondary N) is 1. The second-order valence-electron chi connectivity index (χ2n) is 5.76. The molecule has 1 N–H and O–H groups in total. The molecule has 0 spiro atoms. The lowest BCUT2D eigenvalue weighted by molar-refractivity contribution is 0.534. The number of fused-ring (bicyclic) bond motifs is 1. The Morgan fingerprint density at radius 1 is 1.11 bits per heavy atom. The zero-order valence-electron chi connectivity index (χ0n) is 11.7. The summed E-state index contributed by atoms with van der Waals surface area (Å²) in [6.07, 6.45) is 2.36. The van der Waals surface area contributed by atoms with Gasteiger partial charge in [-0.25, -0.2) is 0 Å². The van der Waals surface area contributed by atoms with Crippen molar-refractivity contribution in [3.05, 3.63) is 64.7 Å². The van der Waals surface area contributed by atoms with Crippen molar-refractivity contribution in [1.29, 1.82) is 0 Å². The second kappa shape index (κ2) is 5.08. The summed E-state index contributed by atoms with van der Waals surface area (Å²) in [7, 11) is 0. The van der Waals surface area contributed by atoms with Crippen LogP contribution in [0.3, 0.4) is 0 Å². The normalized spacial score (nSPS) is 17.7. The minimum atomic E-state index is 0.705. The molecule has 1 aliphatic rings. The van der Waals surface area contributed by atoms with Crippen LogP contribution < -0.4 is 5.32 Å². The third-order valence-electron chi connectivity index (χ3n) is 4.00. The highest BCUT2D eigenvalue weighted by Gasteiger charge is 2.19. The molecule has 0 saturated carbocycles. The number of anilines is 1. The monoisotopic (exact) mass is 251 g/mol. The van der Waals surface area contributed by atoms with E-state index in [1.807, 2.05) is 0 Å². The number of benzene rings is 2. The molecule has 0 aliphatic carbocycles. The topological polar surface area (TPSA) is 12.0 Å². The fourth-order valence-corrected chi connectivity index (χ4v) is 3.19. The first-order valence-corrected chi connectivity index (χ1v) is 7.10. The van der Waals surface area contributed by atoms with Gasteiger partial charge in [0.05, 0.1) is 0 Å². The third kappa shape index (κ3) is 2.65. The summed E-state index contributed by atoms with van der Waals surface area (Å²) in [5.74, 6) is 0.705. The fraction of sp³-hybridized carbons (Fsp3) is 0.333. The Morgan fingerprint density at radius 3 is 2.68 bits per heavy atom. The lowest BCUT2D eigenvalue weighted by Crippen LogP contribution is -2.25. The molecule has 1 heterocycles. The maximum atomic E-state index is 3.63. The highest BCUT2D eigenvalue weighted by molar-refractivity contribution is 5.60. The highest BCUT2D eigenvalue weighted by atomic mass is 14.9. The molecule has 1 unspecified atom stereocenters. The Kier molecular flexibility index (Phi) is 3.29. The molecule has 0 amide bonds. The highest BCUT2D eigenvalue weighted by Crippen LogP contribution is 2.30. The summed E-state index contributed by atoms with van der Waals surface area (Å²) >= 11 is 0. The van der Waals surface area contributed by atoms with E-state index in [1.165, 1.54) is 40.8 Å². The van der Waals surface area contributed by atoms with Crippen LogP contribution in [0.5, 0.6) is 0 Å². The summed E-state index contributed by atoms with van der Waals surface area (Å²) in [4.78, 5) is 0. The van der Waals surface area contributed by atoms with Gasteiger partial charge in [-0.3, -0.25) is 0 Å². The first-order valence-electron chi connectivity index (χ1n) is 7.10. The minimum Gasteiger partial charge on any atom is -0.384 e. The fourth-order valence-electron chi connectivity index (χ4n) is 3.19. The van der Waals surface area contributed by atoms with E-state index in [9.17, 15) is 0 Å². The van der Waals surface area contributed by atoms with Crippen LogP contribution in [0.2, 0.25) is 0 Å². The summed E-state index contributed by atoms with van der Waals surface area (Å²) < 4.78 is 0. The van der Waals surface area contributed by atoms with Gasteiger partial charge in [0.15, 0.2) is 0 Å². The Balaban J connectivity index is 1.79. The molecular weight excluding hydrogens is 230 g/mol. The van der Waals surface area contributed by atoms with Crippen molar-refractivity contribution in [2.45, 2.75) is 26.7 Å². The number of aryl methyl sites for hydroxylation is 2. The molecule has 3 rings (SSSR count). The quantitative estimate of drug-likeness (QED) is 0.846. The summed E-state index contributed by atoms with van der Waals surface area (Å²) in [5.41, 5.74) is 7.06. The molecule has 1 atom stereocenters. The van der Waals surface area contributed by atoms with Gasteiger partial charge >= 0.3 is 0 Å². The van der Waals surface area contributed by atoms with E-state index < -0.39 is 0 Å². The van der Waals surface area contributed by atoms with Crippen LogP contribution in [-0.2, 0) is 12.8 Å². The van der Waals surface area contributed by atoms with E-state index in [4.69, 9.17) is 0 Å². The SMILES string of the molecule is Cc1cc(C)c2c(c1)CC(Cc1ccccc1)CN2. The number of hydrogen-bond donors (Lipinski definition) is 1. The number of rotatable bonds is 2. The van der Waals surface area contributed by atoms with Gasteiger partial charge in [-0.05, 0) is 49.3 Å². The Bertz CT molecular complexity index is 572. The first kappa shape index (κ1) is 12.3. The lowest BCUT2D eigenvalue weighted by atomic mass is 9.87. The van der Waals surface area contributed by atoms with E-state index in [1.54, 1.807) is 0 Å². The van der Waals surface area contributed by atoms with E-state index in [2.05, 4.69) is 61.6 Å². The predicted molar refractivity (Wildman–Crippen MR) is 81.7 cm³/mol. The van der Waals surface area contributed by atoms with Crippen molar-refractivity contribution in [3.63, 3.8) is 0 Å². The molecule has 0 saturated heterocycles. The minimum absolute atomic E-state index is 0.705. The smallest absolute Gasteiger partial charge is 0.0402 e. The largest absolute Gasteiger partial charge is 0.384 e.